The number of likely N-dealkylation sites (tertiary alicyclic amines) is 1. The van der Waals surface area contributed by atoms with Crippen LogP contribution in [0.2, 0.25) is 0 Å². The second-order valence-corrected chi connectivity index (χ2v) is 5.95. The summed E-state index contributed by atoms with van der Waals surface area (Å²) < 4.78 is 37.5. The van der Waals surface area contributed by atoms with Crippen LogP contribution in [-0.2, 0) is 0 Å². The third-order valence-corrected chi connectivity index (χ3v) is 4.17. The largest absolute Gasteiger partial charge is 0.389 e. The number of hydrogen-bond donors (Lipinski definition) is 1. The van der Waals surface area contributed by atoms with Crippen LogP contribution in [-0.4, -0.2) is 36.2 Å². The SMILES string of the molecule is CCC(C1CC1)N1CC(N)CC(CC(F)(F)F)C1. The molecule has 106 valence electrons. The molecule has 18 heavy (non-hydrogen) atoms. The van der Waals surface area contributed by atoms with Crippen molar-refractivity contribution in [1.29, 1.82) is 0 Å². The van der Waals surface area contributed by atoms with Crippen LogP contribution in [0.5, 0.6) is 0 Å². The Morgan fingerprint density at radius 1 is 1.28 bits per heavy atom. The lowest BCUT2D eigenvalue weighted by Crippen LogP contribution is -2.52. The van der Waals surface area contributed by atoms with Gasteiger partial charge in [0.05, 0.1) is 0 Å². The molecule has 1 heterocycles. The fraction of sp³-hybridized carbons (Fsp3) is 1.00. The van der Waals surface area contributed by atoms with E-state index in [1.54, 1.807) is 0 Å². The third-order valence-electron chi connectivity index (χ3n) is 4.17. The quantitative estimate of drug-likeness (QED) is 0.846. The standard InChI is InChI=1S/C13H23F3N2/c1-2-12(10-3-4-10)18-7-9(5-11(17)8-18)6-13(14,15)16/h9-12H,2-8,17H2,1H3. The molecule has 0 bridgehead atoms. The first-order chi connectivity index (χ1) is 8.39. The highest BCUT2D eigenvalue weighted by Gasteiger charge is 2.40. The lowest BCUT2D eigenvalue weighted by Gasteiger charge is -2.41. The van der Waals surface area contributed by atoms with E-state index in [2.05, 4.69) is 11.8 Å². The number of nitrogens with two attached hydrogens (primary N) is 1. The van der Waals surface area contributed by atoms with E-state index in [1.165, 1.54) is 12.8 Å². The van der Waals surface area contributed by atoms with E-state index in [0.717, 1.165) is 13.0 Å². The van der Waals surface area contributed by atoms with Crippen LogP contribution >= 0.6 is 0 Å². The van der Waals surface area contributed by atoms with E-state index in [4.69, 9.17) is 5.73 Å². The Morgan fingerprint density at radius 2 is 1.94 bits per heavy atom. The number of hydrogen-bond acceptors (Lipinski definition) is 2. The van der Waals surface area contributed by atoms with Gasteiger partial charge in [-0.2, -0.15) is 13.2 Å². The first-order valence-corrected chi connectivity index (χ1v) is 6.95. The van der Waals surface area contributed by atoms with Gasteiger partial charge in [-0.1, -0.05) is 6.92 Å². The molecule has 2 N–H and O–H groups in total. The molecule has 0 aromatic carbocycles. The summed E-state index contributed by atoms with van der Waals surface area (Å²) in [6, 6.07) is 0.353. The minimum absolute atomic E-state index is 0.0982. The molecule has 0 aromatic heterocycles. The van der Waals surface area contributed by atoms with E-state index in [9.17, 15) is 13.2 Å². The van der Waals surface area contributed by atoms with Crippen molar-refractivity contribution in [2.45, 2.75) is 57.3 Å². The minimum Gasteiger partial charge on any atom is -0.327 e. The van der Waals surface area contributed by atoms with Gasteiger partial charge >= 0.3 is 6.18 Å². The van der Waals surface area contributed by atoms with E-state index < -0.39 is 12.6 Å². The third kappa shape index (κ3) is 3.85. The molecule has 1 saturated carbocycles. The maximum absolute atomic E-state index is 12.5. The molecular weight excluding hydrogens is 241 g/mol. The predicted octanol–water partition coefficient (Wildman–Crippen LogP) is 2.78. The molecular formula is C13H23F3N2. The maximum atomic E-state index is 12.5. The summed E-state index contributed by atoms with van der Waals surface area (Å²) >= 11 is 0. The summed E-state index contributed by atoms with van der Waals surface area (Å²) in [4.78, 5) is 2.22. The number of halogens is 3. The topological polar surface area (TPSA) is 29.3 Å². The molecule has 1 aliphatic heterocycles. The second kappa shape index (κ2) is 5.37. The van der Waals surface area contributed by atoms with Crippen molar-refractivity contribution >= 4 is 0 Å². The zero-order valence-electron chi connectivity index (χ0n) is 10.9. The van der Waals surface area contributed by atoms with Crippen molar-refractivity contribution in [1.82, 2.24) is 4.90 Å². The minimum atomic E-state index is -4.06. The average molecular weight is 264 g/mol. The molecule has 5 heteroatoms. The lowest BCUT2D eigenvalue weighted by molar-refractivity contribution is -0.149. The Morgan fingerprint density at radius 3 is 2.44 bits per heavy atom. The molecule has 2 nitrogen and oxygen atoms in total. The molecule has 3 atom stereocenters. The summed E-state index contributed by atoms with van der Waals surface area (Å²) in [6.45, 7) is 3.47. The van der Waals surface area contributed by atoms with Crippen LogP contribution in [0.3, 0.4) is 0 Å². The summed E-state index contributed by atoms with van der Waals surface area (Å²) in [5.41, 5.74) is 5.94. The zero-order chi connectivity index (χ0) is 13.3. The van der Waals surface area contributed by atoms with Crippen LogP contribution in [0, 0.1) is 11.8 Å². The first-order valence-electron chi connectivity index (χ1n) is 6.95. The van der Waals surface area contributed by atoms with Gasteiger partial charge in [-0.05, 0) is 37.5 Å². The molecule has 2 fully saturated rings. The van der Waals surface area contributed by atoms with E-state index in [0.29, 0.717) is 24.9 Å². The normalized spacial score (nSPS) is 32.5. The van der Waals surface area contributed by atoms with E-state index >= 15 is 0 Å². The van der Waals surface area contributed by atoms with E-state index in [1.807, 2.05) is 0 Å². The molecule has 0 amide bonds. The number of rotatable bonds is 4. The molecule has 1 saturated heterocycles. The van der Waals surface area contributed by atoms with E-state index in [-0.39, 0.29) is 12.0 Å². The van der Waals surface area contributed by atoms with Gasteiger partial charge in [0.2, 0.25) is 0 Å². The van der Waals surface area contributed by atoms with Gasteiger partial charge in [0.15, 0.2) is 0 Å². The first kappa shape index (κ1) is 14.1. The molecule has 2 aliphatic rings. The number of alkyl halides is 3. The van der Waals surface area contributed by atoms with Crippen molar-refractivity contribution in [2.24, 2.45) is 17.6 Å². The predicted molar refractivity (Wildman–Crippen MR) is 65.1 cm³/mol. The Bertz CT molecular complexity index is 276. The van der Waals surface area contributed by atoms with Crippen LogP contribution in [0.25, 0.3) is 0 Å². The molecule has 2 rings (SSSR count). The van der Waals surface area contributed by atoms with Gasteiger partial charge < -0.3 is 5.73 Å². The summed E-state index contributed by atoms with van der Waals surface area (Å²) in [6.07, 6.45) is -0.747. The summed E-state index contributed by atoms with van der Waals surface area (Å²) in [7, 11) is 0. The maximum Gasteiger partial charge on any atom is 0.389 e. The van der Waals surface area contributed by atoms with Crippen molar-refractivity contribution in [3.05, 3.63) is 0 Å². The molecule has 0 spiro atoms. The lowest BCUT2D eigenvalue weighted by atomic mass is 9.89. The van der Waals surface area contributed by atoms with Crippen LogP contribution in [0.4, 0.5) is 13.2 Å². The smallest absolute Gasteiger partial charge is 0.327 e. The monoisotopic (exact) mass is 264 g/mol. The molecule has 3 unspecified atom stereocenters. The number of nitrogens with zero attached hydrogens (tertiary/aromatic N) is 1. The Kier molecular flexibility index (Phi) is 4.22. The fourth-order valence-corrected chi connectivity index (χ4v) is 3.40. The van der Waals surface area contributed by atoms with Crippen LogP contribution in [0.1, 0.15) is 39.0 Å². The average Bonchev–Trinajstić information content (AvgIpc) is 2.99. The Balaban J connectivity index is 1.94. The highest BCUT2D eigenvalue weighted by atomic mass is 19.4. The summed E-state index contributed by atoms with van der Waals surface area (Å²) in [5.74, 6) is 0.383. The highest BCUT2D eigenvalue weighted by molar-refractivity contribution is 4.92. The van der Waals surface area contributed by atoms with Crippen molar-refractivity contribution in [3.8, 4) is 0 Å². The van der Waals surface area contributed by atoms with Gasteiger partial charge in [-0.3, -0.25) is 4.90 Å². The molecule has 0 radical (unpaired) electrons. The van der Waals surface area contributed by atoms with Gasteiger partial charge in [-0.25, -0.2) is 0 Å². The Labute approximate surface area is 107 Å². The molecule has 0 aromatic rings. The van der Waals surface area contributed by atoms with Crippen molar-refractivity contribution in [3.63, 3.8) is 0 Å². The van der Waals surface area contributed by atoms with Crippen molar-refractivity contribution in [2.75, 3.05) is 13.1 Å². The fourth-order valence-electron chi connectivity index (χ4n) is 3.40. The number of piperidine rings is 1. The van der Waals surface area contributed by atoms with Crippen molar-refractivity contribution < 1.29 is 13.2 Å². The van der Waals surface area contributed by atoms with Gasteiger partial charge in [0, 0.05) is 31.6 Å². The van der Waals surface area contributed by atoms with Gasteiger partial charge in [-0.15, -0.1) is 0 Å². The highest BCUT2D eigenvalue weighted by Crippen LogP contribution is 2.39. The Hall–Kier alpha value is -0.290. The van der Waals surface area contributed by atoms with Crippen LogP contribution in [0.15, 0.2) is 0 Å². The zero-order valence-corrected chi connectivity index (χ0v) is 10.9. The summed E-state index contributed by atoms with van der Waals surface area (Å²) in [5, 5.41) is 0. The van der Waals surface area contributed by atoms with Crippen LogP contribution < -0.4 is 5.73 Å². The second-order valence-electron chi connectivity index (χ2n) is 5.95. The van der Waals surface area contributed by atoms with Gasteiger partial charge in [0.1, 0.15) is 0 Å². The molecule has 1 aliphatic carbocycles. The van der Waals surface area contributed by atoms with Gasteiger partial charge in [0.25, 0.3) is 0 Å².